The fourth-order valence-corrected chi connectivity index (χ4v) is 3.93. The van der Waals surface area contributed by atoms with Gasteiger partial charge in [-0.3, -0.25) is 14.0 Å². The number of fused-ring (bicyclic) bond motifs is 1. The summed E-state index contributed by atoms with van der Waals surface area (Å²) >= 11 is 0. The molecule has 9 heteroatoms. The lowest BCUT2D eigenvalue weighted by atomic mass is 10.1. The van der Waals surface area contributed by atoms with Crippen molar-refractivity contribution >= 4 is 5.91 Å². The molecule has 0 radical (unpaired) electrons. The lowest BCUT2D eigenvalue weighted by Crippen LogP contribution is -2.36. The molecule has 1 aliphatic rings. The van der Waals surface area contributed by atoms with E-state index in [4.69, 9.17) is 0 Å². The normalized spacial score (nSPS) is 16.2. The standard InChI is InChI=1S/C22H29N7O2/c1-26(2)13-14-29-22(31)28-12-11-17(9-10-20(28)25-29)23-21(30)18-15-19(27(3)24-18)16-7-5-4-6-8-16/h4-8,15,17H,9-14H2,1-3H3,(H,23,30). The molecule has 0 saturated carbocycles. The van der Waals surface area contributed by atoms with Gasteiger partial charge in [-0.25, -0.2) is 9.48 Å². The zero-order valence-corrected chi connectivity index (χ0v) is 18.3. The number of amides is 1. The molecule has 1 aromatic carbocycles. The molecular weight excluding hydrogens is 394 g/mol. The minimum atomic E-state index is -0.189. The van der Waals surface area contributed by atoms with Gasteiger partial charge in [0.05, 0.1) is 12.2 Å². The summed E-state index contributed by atoms with van der Waals surface area (Å²) in [6.45, 7) is 1.90. The van der Waals surface area contributed by atoms with Crippen molar-refractivity contribution in [3.63, 3.8) is 0 Å². The average molecular weight is 424 g/mol. The van der Waals surface area contributed by atoms with Crippen molar-refractivity contribution in [1.82, 2.24) is 34.3 Å². The van der Waals surface area contributed by atoms with Crippen LogP contribution < -0.4 is 11.0 Å². The largest absolute Gasteiger partial charge is 0.348 e. The van der Waals surface area contributed by atoms with Gasteiger partial charge in [-0.1, -0.05) is 30.3 Å². The van der Waals surface area contributed by atoms with Crippen LogP contribution in [-0.4, -0.2) is 61.6 Å². The maximum atomic E-state index is 12.8. The summed E-state index contributed by atoms with van der Waals surface area (Å²) in [5, 5.41) is 12.0. The van der Waals surface area contributed by atoms with Crippen molar-refractivity contribution in [2.24, 2.45) is 7.05 Å². The van der Waals surface area contributed by atoms with Gasteiger partial charge in [0.15, 0.2) is 5.69 Å². The van der Waals surface area contributed by atoms with E-state index >= 15 is 0 Å². The van der Waals surface area contributed by atoms with E-state index in [1.807, 2.05) is 62.4 Å². The Morgan fingerprint density at radius 1 is 1.19 bits per heavy atom. The lowest BCUT2D eigenvalue weighted by molar-refractivity contribution is 0.0927. The molecule has 1 atom stereocenters. The second kappa shape index (κ2) is 8.89. The first-order valence-electron chi connectivity index (χ1n) is 10.6. The van der Waals surface area contributed by atoms with Gasteiger partial charge in [0, 0.05) is 32.6 Å². The Kier molecular flexibility index (Phi) is 6.03. The summed E-state index contributed by atoms with van der Waals surface area (Å²) in [4.78, 5) is 27.5. The molecule has 0 aliphatic carbocycles. The highest BCUT2D eigenvalue weighted by Gasteiger charge is 2.23. The third kappa shape index (κ3) is 4.61. The molecule has 1 aliphatic heterocycles. The Bertz CT molecular complexity index is 1110. The zero-order chi connectivity index (χ0) is 22.0. The molecule has 0 spiro atoms. The average Bonchev–Trinajstić information content (AvgIpc) is 3.21. The smallest absolute Gasteiger partial charge is 0.345 e. The summed E-state index contributed by atoms with van der Waals surface area (Å²) in [6, 6.07) is 11.7. The van der Waals surface area contributed by atoms with E-state index in [9.17, 15) is 9.59 Å². The van der Waals surface area contributed by atoms with Gasteiger partial charge in [0.25, 0.3) is 5.91 Å². The first-order chi connectivity index (χ1) is 14.9. The first-order valence-corrected chi connectivity index (χ1v) is 10.6. The lowest BCUT2D eigenvalue weighted by Gasteiger charge is -2.15. The number of aromatic nitrogens is 5. The van der Waals surface area contributed by atoms with E-state index in [-0.39, 0.29) is 17.6 Å². The van der Waals surface area contributed by atoms with Crippen LogP contribution in [-0.2, 0) is 26.6 Å². The monoisotopic (exact) mass is 423 g/mol. The number of carbonyl (C=O) groups is 1. The number of hydrogen-bond acceptors (Lipinski definition) is 5. The van der Waals surface area contributed by atoms with Gasteiger partial charge in [-0.05, 0) is 38.6 Å². The fraction of sp³-hybridized carbons (Fsp3) is 0.455. The van der Waals surface area contributed by atoms with Crippen molar-refractivity contribution in [1.29, 1.82) is 0 Å². The van der Waals surface area contributed by atoms with E-state index in [0.717, 1.165) is 30.0 Å². The topological polar surface area (TPSA) is 90.0 Å². The highest BCUT2D eigenvalue weighted by molar-refractivity contribution is 5.93. The SMILES string of the molecule is CN(C)CCn1nc2n(c1=O)CCC(NC(=O)c1cc(-c3ccccc3)n(C)n1)CC2. The van der Waals surface area contributed by atoms with E-state index in [0.29, 0.717) is 31.6 Å². The van der Waals surface area contributed by atoms with Crippen LogP contribution in [0.4, 0.5) is 0 Å². The van der Waals surface area contributed by atoms with Gasteiger partial charge in [0.2, 0.25) is 0 Å². The fourth-order valence-electron chi connectivity index (χ4n) is 3.93. The molecule has 0 bridgehead atoms. The molecule has 164 valence electrons. The molecular formula is C22H29N7O2. The van der Waals surface area contributed by atoms with Gasteiger partial charge in [-0.15, -0.1) is 0 Å². The summed E-state index contributed by atoms with van der Waals surface area (Å²) in [5.41, 5.74) is 2.24. The van der Waals surface area contributed by atoms with E-state index < -0.39 is 0 Å². The van der Waals surface area contributed by atoms with Crippen LogP contribution in [0.1, 0.15) is 29.2 Å². The Hall–Kier alpha value is -3.20. The first kappa shape index (κ1) is 21.0. The summed E-state index contributed by atoms with van der Waals surface area (Å²) < 4.78 is 5.02. The molecule has 3 heterocycles. The maximum Gasteiger partial charge on any atom is 0.345 e. The van der Waals surface area contributed by atoms with Crippen LogP contribution in [0.15, 0.2) is 41.2 Å². The Labute approximate surface area is 181 Å². The second-order valence-corrected chi connectivity index (χ2v) is 8.28. The van der Waals surface area contributed by atoms with Crippen molar-refractivity contribution in [3.8, 4) is 11.3 Å². The molecule has 1 amide bonds. The van der Waals surface area contributed by atoms with Gasteiger partial charge in [-0.2, -0.15) is 10.2 Å². The summed E-state index contributed by atoms with van der Waals surface area (Å²) in [6.07, 6.45) is 2.09. The molecule has 0 fully saturated rings. The maximum absolute atomic E-state index is 12.8. The number of nitrogens with one attached hydrogen (secondary N) is 1. The third-order valence-corrected chi connectivity index (χ3v) is 5.69. The van der Waals surface area contributed by atoms with Crippen LogP contribution in [0.5, 0.6) is 0 Å². The molecule has 4 rings (SSSR count). The van der Waals surface area contributed by atoms with Crippen molar-refractivity contribution < 1.29 is 4.79 Å². The summed E-state index contributed by atoms with van der Waals surface area (Å²) in [7, 11) is 5.79. The Balaban J connectivity index is 1.41. The van der Waals surface area contributed by atoms with Crippen LogP contribution in [0.25, 0.3) is 11.3 Å². The highest BCUT2D eigenvalue weighted by Crippen LogP contribution is 2.20. The van der Waals surface area contributed by atoms with Crippen LogP contribution in [0, 0.1) is 0 Å². The van der Waals surface area contributed by atoms with Gasteiger partial charge < -0.3 is 10.2 Å². The molecule has 9 nitrogen and oxygen atoms in total. The third-order valence-electron chi connectivity index (χ3n) is 5.69. The molecule has 0 saturated heterocycles. The van der Waals surface area contributed by atoms with E-state index in [2.05, 4.69) is 15.5 Å². The number of nitrogens with zero attached hydrogens (tertiary/aromatic N) is 6. The Morgan fingerprint density at radius 2 is 1.97 bits per heavy atom. The van der Waals surface area contributed by atoms with E-state index in [1.54, 1.807) is 13.9 Å². The minimum Gasteiger partial charge on any atom is -0.348 e. The van der Waals surface area contributed by atoms with Crippen molar-refractivity contribution in [3.05, 3.63) is 58.4 Å². The highest BCUT2D eigenvalue weighted by atomic mass is 16.2. The quantitative estimate of drug-likeness (QED) is 0.642. The zero-order valence-electron chi connectivity index (χ0n) is 18.3. The molecule has 1 N–H and O–H groups in total. The Morgan fingerprint density at radius 3 is 2.71 bits per heavy atom. The van der Waals surface area contributed by atoms with Gasteiger partial charge >= 0.3 is 5.69 Å². The number of aryl methyl sites for hydroxylation is 2. The van der Waals surface area contributed by atoms with Crippen molar-refractivity contribution in [2.75, 3.05) is 20.6 Å². The molecule has 2 aromatic heterocycles. The van der Waals surface area contributed by atoms with Crippen LogP contribution in [0.2, 0.25) is 0 Å². The molecule has 1 unspecified atom stereocenters. The number of benzene rings is 1. The summed E-state index contributed by atoms with van der Waals surface area (Å²) in [5.74, 6) is 0.607. The van der Waals surface area contributed by atoms with Crippen molar-refractivity contribution in [2.45, 2.75) is 38.4 Å². The van der Waals surface area contributed by atoms with Crippen LogP contribution >= 0.6 is 0 Å². The number of carbonyl (C=O) groups excluding carboxylic acids is 1. The second-order valence-electron chi connectivity index (χ2n) is 8.28. The number of rotatable bonds is 6. The predicted octanol–water partition coefficient (Wildman–Crippen LogP) is 1.14. The molecule has 31 heavy (non-hydrogen) atoms. The predicted molar refractivity (Wildman–Crippen MR) is 118 cm³/mol. The van der Waals surface area contributed by atoms with Gasteiger partial charge in [0.1, 0.15) is 5.82 Å². The number of hydrogen-bond donors (Lipinski definition) is 1. The van der Waals surface area contributed by atoms with Crippen LogP contribution in [0.3, 0.4) is 0 Å². The minimum absolute atomic E-state index is 0.0222. The molecule has 3 aromatic rings. The van der Waals surface area contributed by atoms with E-state index in [1.165, 1.54) is 0 Å². The number of likely N-dealkylation sites (N-methyl/N-ethyl adjacent to an activating group) is 1.